The van der Waals surface area contributed by atoms with Crippen LogP contribution in [-0.2, 0) is 4.74 Å². The van der Waals surface area contributed by atoms with Gasteiger partial charge in [-0.2, -0.15) is 4.98 Å². The number of pyridine rings is 1. The molecule has 162 valence electrons. The second-order valence-electron chi connectivity index (χ2n) is 6.73. The fourth-order valence-electron chi connectivity index (χ4n) is 3.40. The second-order valence-corrected chi connectivity index (χ2v) is 6.73. The van der Waals surface area contributed by atoms with Crippen LogP contribution in [0.1, 0.15) is 0 Å². The van der Waals surface area contributed by atoms with Crippen molar-refractivity contribution >= 4 is 28.0 Å². The monoisotopic (exact) mass is 427 g/mol. The van der Waals surface area contributed by atoms with Crippen molar-refractivity contribution in [3.05, 3.63) is 41.3 Å². The molecule has 0 amide bonds. The number of aromatic hydroxyl groups is 2. The summed E-state index contributed by atoms with van der Waals surface area (Å²) in [6, 6.07) is 9.75. The number of phenolic OH excluding ortho intramolecular Hbond substituents is 2. The average Bonchev–Trinajstić information content (AvgIpc) is 2.82. The van der Waals surface area contributed by atoms with E-state index >= 15 is 0 Å². The number of anilines is 3. The number of phenols is 2. The lowest BCUT2D eigenvalue weighted by molar-refractivity contribution is 0.122. The van der Waals surface area contributed by atoms with Crippen molar-refractivity contribution < 1.29 is 24.5 Å². The molecular weight excluding hydrogens is 406 g/mol. The van der Waals surface area contributed by atoms with E-state index in [9.17, 15) is 15.1 Å². The summed E-state index contributed by atoms with van der Waals surface area (Å²) >= 11 is 0. The first-order chi connectivity index (χ1) is 15.0. The van der Waals surface area contributed by atoms with Crippen molar-refractivity contribution in [3.63, 3.8) is 0 Å². The maximum atomic E-state index is 11.6. The molecule has 2 aromatic carbocycles. The lowest BCUT2D eigenvalue weighted by Crippen LogP contribution is -2.36. The topological polar surface area (TPSA) is 143 Å². The Morgan fingerprint density at radius 3 is 2.45 bits per heavy atom. The maximum Gasteiger partial charge on any atom is 0.262 e. The van der Waals surface area contributed by atoms with E-state index in [0.29, 0.717) is 42.7 Å². The lowest BCUT2D eigenvalue weighted by atomic mass is 10.1. The SMILES string of the molecule is COc1nc(N2CCOCC2)ccc1ON(N=O)c1c(N)c(O)c2ccccc2c1O. The molecule has 1 fully saturated rings. The van der Waals surface area contributed by atoms with Crippen molar-refractivity contribution in [3.8, 4) is 23.1 Å². The molecular formula is C20H21N5O6. The molecule has 0 unspecified atom stereocenters. The molecule has 3 aromatic rings. The summed E-state index contributed by atoms with van der Waals surface area (Å²) < 4.78 is 10.7. The molecule has 2 heterocycles. The Kier molecular flexibility index (Phi) is 5.50. The quantitative estimate of drug-likeness (QED) is 0.176. The van der Waals surface area contributed by atoms with E-state index in [1.54, 1.807) is 36.4 Å². The Bertz CT molecular complexity index is 1120. The Morgan fingerprint density at radius 2 is 1.81 bits per heavy atom. The minimum Gasteiger partial charge on any atom is -0.505 e. The van der Waals surface area contributed by atoms with E-state index in [1.165, 1.54) is 7.11 Å². The number of nitrogen functional groups attached to an aromatic ring is 1. The molecule has 0 aliphatic carbocycles. The highest BCUT2D eigenvalue weighted by Crippen LogP contribution is 2.47. The van der Waals surface area contributed by atoms with Gasteiger partial charge in [0.25, 0.3) is 5.88 Å². The summed E-state index contributed by atoms with van der Waals surface area (Å²) in [5.74, 6) is 0.130. The van der Waals surface area contributed by atoms with Crippen LogP contribution in [0.2, 0.25) is 0 Å². The van der Waals surface area contributed by atoms with Gasteiger partial charge in [0.2, 0.25) is 5.75 Å². The number of rotatable bonds is 6. The molecule has 1 saturated heterocycles. The van der Waals surface area contributed by atoms with Crippen molar-refractivity contribution in [2.45, 2.75) is 0 Å². The summed E-state index contributed by atoms with van der Waals surface area (Å²) in [6.45, 7) is 2.54. The van der Waals surface area contributed by atoms with Crippen LogP contribution in [0.15, 0.2) is 41.7 Å². The van der Waals surface area contributed by atoms with E-state index < -0.39 is 0 Å². The normalized spacial score (nSPS) is 13.8. The third-order valence-electron chi connectivity index (χ3n) is 4.96. The predicted molar refractivity (Wildman–Crippen MR) is 114 cm³/mol. The van der Waals surface area contributed by atoms with E-state index in [2.05, 4.69) is 10.3 Å². The number of methoxy groups -OCH3 is 1. The van der Waals surface area contributed by atoms with Gasteiger partial charge in [-0.15, -0.1) is 4.91 Å². The highest BCUT2D eigenvalue weighted by atomic mass is 16.7. The zero-order valence-corrected chi connectivity index (χ0v) is 16.7. The summed E-state index contributed by atoms with van der Waals surface area (Å²) in [7, 11) is 1.41. The Balaban J connectivity index is 1.71. The van der Waals surface area contributed by atoms with Crippen molar-refractivity contribution in [1.29, 1.82) is 0 Å². The minimum atomic E-state index is -0.373. The highest BCUT2D eigenvalue weighted by molar-refractivity contribution is 6.04. The van der Waals surface area contributed by atoms with Crippen LogP contribution in [0.25, 0.3) is 10.8 Å². The van der Waals surface area contributed by atoms with Crippen LogP contribution in [0.5, 0.6) is 23.1 Å². The summed E-state index contributed by atoms with van der Waals surface area (Å²) in [6.07, 6.45) is 0. The number of hydrogen-bond donors (Lipinski definition) is 3. The average molecular weight is 427 g/mol. The standard InChI is InChI=1S/C20H21N5O6/c1-29-20-14(6-7-15(22-20)24-8-10-30-11-9-24)31-25(23-28)17-16(21)18(26)12-4-2-3-5-13(12)19(17)27/h2-7,26-27H,8-11,21H2,1H3. The number of fused-ring (bicyclic) bond motifs is 1. The van der Waals surface area contributed by atoms with Gasteiger partial charge < -0.3 is 35.2 Å². The van der Waals surface area contributed by atoms with Crippen LogP contribution in [0, 0.1) is 4.91 Å². The van der Waals surface area contributed by atoms with Gasteiger partial charge in [0.15, 0.2) is 11.4 Å². The Morgan fingerprint density at radius 1 is 1.13 bits per heavy atom. The number of hydrogen-bond acceptors (Lipinski definition) is 10. The molecule has 4 N–H and O–H groups in total. The van der Waals surface area contributed by atoms with E-state index in [4.69, 9.17) is 20.0 Å². The first-order valence-corrected chi connectivity index (χ1v) is 9.46. The zero-order valence-electron chi connectivity index (χ0n) is 16.7. The van der Waals surface area contributed by atoms with Gasteiger partial charge in [-0.1, -0.05) is 24.3 Å². The molecule has 0 saturated carbocycles. The van der Waals surface area contributed by atoms with E-state index in [0.717, 1.165) is 0 Å². The van der Waals surface area contributed by atoms with Crippen LogP contribution < -0.4 is 25.4 Å². The van der Waals surface area contributed by atoms with Crippen molar-refractivity contribution in [1.82, 2.24) is 4.98 Å². The number of aromatic nitrogens is 1. The number of benzene rings is 2. The summed E-state index contributed by atoms with van der Waals surface area (Å²) in [4.78, 5) is 23.6. The van der Waals surface area contributed by atoms with Gasteiger partial charge >= 0.3 is 0 Å². The third kappa shape index (κ3) is 3.66. The molecule has 0 atom stereocenters. The molecule has 11 nitrogen and oxygen atoms in total. The number of nitroso groups, excluding NO2 is 1. The molecule has 31 heavy (non-hydrogen) atoms. The minimum absolute atomic E-state index is 0.0607. The van der Waals surface area contributed by atoms with Gasteiger partial charge in [-0.25, -0.2) is 0 Å². The summed E-state index contributed by atoms with van der Waals surface area (Å²) in [5.41, 5.74) is 5.40. The van der Waals surface area contributed by atoms with Gasteiger partial charge in [0, 0.05) is 23.9 Å². The molecule has 1 aliphatic rings. The third-order valence-corrected chi connectivity index (χ3v) is 4.96. The molecule has 0 spiro atoms. The number of nitrogens with two attached hydrogens (primary N) is 1. The van der Waals surface area contributed by atoms with Gasteiger partial charge in [0.1, 0.15) is 17.3 Å². The van der Waals surface area contributed by atoms with Gasteiger partial charge in [-0.3, -0.25) is 0 Å². The van der Waals surface area contributed by atoms with E-state index in [-0.39, 0.29) is 39.9 Å². The largest absolute Gasteiger partial charge is 0.505 e. The number of morpholine rings is 1. The van der Waals surface area contributed by atoms with Crippen LogP contribution in [0.4, 0.5) is 17.2 Å². The second kappa shape index (κ2) is 8.40. The molecule has 1 aromatic heterocycles. The Hall–Kier alpha value is -3.99. The van der Waals surface area contributed by atoms with Crippen molar-refractivity contribution in [2.75, 3.05) is 49.2 Å². The number of nitrogens with zero attached hydrogens (tertiary/aromatic N) is 4. The van der Waals surface area contributed by atoms with Gasteiger partial charge in [-0.05, 0) is 17.3 Å². The molecule has 4 rings (SSSR count). The maximum absolute atomic E-state index is 11.6. The molecule has 0 radical (unpaired) electrons. The van der Waals surface area contributed by atoms with Gasteiger partial charge in [0.05, 0.1) is 25.6 Å². The first kappa shape index (κ1) is 20.3. The Labute approximate surface area is 177 Å². The smallest absolute Gasteiger partial charge is 0.262 e. The lowest BCUT2D eigenvalue weighted by Gasteiger charge is -2.28. The highest BCUT2D eigenvalue weighted by Gasteiger charge is 2.26. The zero-order chi connectivity index (χ0) is 22.0. The first-order valence-electron chi connectivity index (χ1n) is 9.46. The van der Waals surface area contributed by atoms with E-state index in [1.807, 2.05) is 4.90 Å². The fourth-order valence-corrected chi connectivity index (χ4v) is 3.40. The predicted octanol–water partition coefficient (Wildman–Crippen LogP) is 2.56. The van der Waals surface area contributed by atoms with Crippen molar-refractivity contribution in [2.24, 2.45) is 5.29 Å². The molecule has 1 aliphatic heterocycles. The van der Waals surface area contributed by atoms with Crippen LogP contribution in [0.3, 0.4) is 0 Å². The van der Waals surface area contributed by atoms with Crippen LogP contribution >= 0.6 is 0 Å². The summed E-state index contributed by atoms with van der Waals surface area (Å²) in [5, 5.41) is 25.0. The fraction of sp³-hybridized carbons (Fsp3) is 0.250. The van der Waals surface area contributed by atoms with Crippen LogP contribution in [-0.4, -0.2) is 48.6 Å². The molecule has 11 heteroatoms. The number of ether oxygens (including phenoxy) is 2. The molecule has 0 bridgehead atoms.